The first kappa shape index (κ1) is 12.6. The summed E-state index contributed by atoms with van der Waals surface area (Å²) in [7, 11) is 0. The summed E-state index contributed by atoms with van der Waals surface area (Å²) in [5.74, 6) is -1.46. The number of carbonyl (C=O) groups is 2. The Morgan fingerprint density at radius 1 is 1.14 bits per heavy atom. The first-order valence-corrected chi connectivity index (χ1v) is 4.53. The van der Waals surface area contributed by atoms with Gasteiger partial charge < -0.3 is 5.73 Å². The van der Waals surface area contributed by atoms with Crippen LogP contribution in [0.3, 0.4) is 0 Å². The number of nitrogens with two attached hydrogens (primary N) is 1. The summed E-state index contributed by atoms with van der Waals surface area (Å²) in [6.45, 7) is 7.87. The molecule has 14 heavy (non-hydrogen) atoms. The molecule has 2 amide bonds. The predicted molar refractivity (Wildman–Crippen MR) is 54.4 cm³/mol. The van der Waals surface area contributed by atoms with Crippen LogP contribution in [-0.2, 0) is 9.59 Å². The van der Waals surface area contributed by atoms with Gasteiger partial charge in [0.05, 0.1) is 0 Å². The van der Waals surface area contributed by atoms with Crippen molar-refractivity contribution >= 4 is 17.5 Å². The Labute approximate surface area is 83.7 Å². The van der Waals surface area contributed by atoms with Crippen molar-refractivity contribution in [2.45, 2.75) is 27.7 Å². The van der Waals surface area contributed by atoms with Crippen LogP contribution in [0.25, 0.3) is 0 Å². The van der Waals surface area contributed by atoms with E-state index in [1.54, 1.807) is 0 Å². The summed E-state index contributed by atoms with van der Waals surface area (Å²) in [6.07, 6.45) is 0. The predicted octanol–water partition coefficient (Wildman–Crippen LogP) is 0.256. The summed E-state index contributed by atoms with van der Waals surface area (Å²) in [6, 6.07) is 0. The van der Waals surface area contributed by atoms with Gasteiger partial charge in [0.1, 0.15) is 0 Å². The van der Waals surface area contributed by atoms with Crippen LogP contribution in [0.2, 0.25) is 0 Å². The molecule has 0 spiro atoms. The van der Waals surface area contributed by atoms with Crippen molar-refractivity contribution < 1.29 is 9.59 Å². The molecule has 0 atom stereocenters. The Hall–Kier alpha value is -1.39. The zero-order valence-electron chi connectivity index (χ0n) is 9.00. The van der Waals surface area contributed by atoms with Gasteiger partial charge in [-0.25, -0.2) is 5.43 Å². The van der Waals surface area contributed by atoms with Gasteiger partial charge in [-0.15, -0.1) is 0 Å². The Morgan fingerprint density at radius 2 is 1.57 bits per heavy atom. The number of amides is 2. The van der Waals surface area contributed by atoms with Gasteiger partial charge in [-0.2, -0.15) is 5.10 Å². The average Bonchev–Trinajstić information content (AvgIpc) is 2.02. The molecule has 0 saturated carbocycles. The maximum atomic E-state index is 10.8. The molecule has 0 aliphatic rings. The third-order valence-corrected chi connectivity index (χ3v) is 1.69. The van der Waals surface area contributed by atoms with E-state index in [9.17, 15) is 9.59 Å². The van der Waals surface area contributed by atoms with E-state index in [0.717, 1.165) is 5.71 Å². The summed E-state index contributed by atoms with van der Waals surface area (Å²) in [4.78, 5) is 21.2. The maximum Gasteiger partial charge on any atom is 0.329 e. The molecule has 5 heteroatoms. The van der Waals surface area contributed by atoms with E-state index in [2.05, 4.69) is 10.5 Å². The van der Waals surface area contributed by atoms with Crippen LogP contribution in [0, 0.1) is 11.8 Å². The quantitative estimate of drug-likeness (QED) is 0.388. The second-order valence-electron chi connectivity index (χ2n) is 3.65. The second-order valence-corrected chi connectivity index (χ2v) is 3.65. The SMILES string of the molecule is CC(C)C(=NNC(=O)C(N)=O)C(C)C. The van der Waals surface area contributed by atoms with Crippen molar-refractivity contribution in [2.24, 2.45) is 22.7 Å². The maximum absolute atomic E-state index is 10.8. The lowest BCUT2D eigenvalue weighted by molar-refractivity contribution is -0.137. The second kappa shape index (κ2) is 5.36. The molecule has 0 radical (unpaired) electrons. The highest BCUT2D eigenvalue weighted by molar-refractivity contribution is 6.34. The highest BCUT2D eigenvalue weighted by atomic mass is 16.2. The van der Waals surface area contributed by atoms with Gasteiger partial charge in [-0.3, -0.25) is 9.59 Å². The highest BCUT2D eigenvalue weighted by Gasteiger charge is 2.12. The molecular formula is C9H17N3O2. The fourth-order valence-electron chi connectivity index (χ4n) is 1.10. The van der Waals surface area contributed by atoms with Crippen molar-refractivity contribution in [2.75, 3.05) is 0 Å². The zero-order chi connectivity index (χ0) is 11.3. The number of carbonyl (C=O) groups excluding carboxylic acids is 2. The van der Waals surface area contributed by atoms with Crippen LogP contribution in [0.1, 0.15) is 27.7 Å². The first-order chi connectivity index (χ1) is 6.36. The molecule has 0 aromatic heterocycles. The van der Waals surface area contributed by atoms with E-state index < -0.39 is 11.8 Å². The average molecular weight is 199 g/mol. The van der Waals surface area contributed by atoms with Crippen molar-refractivity contribution in [3.05, 3.63) is 0 Å². The molecule has 0 heterocycles. The lowest BCUT2D eigenvalue weighted by Gasteiger charge is -2.13. The molecule has 0 aliphatic heterocycles. The Kier molecular flexibility index (Phi) is 4.83. The van der Waals surface area contributed by atoms with E-state index in [1.165, 1.54) is 0 Å². The Bertz CT molecular complexity index is 247. The van der Waals surface area contributed by atoms with E-state index in [1.807, 2.05) is 27.7 Å². The topological polar surface area (TPSA) is 84.6 Å². The van der Waals surface area contributed by atoms with Crippen LogP contribution in [0.15, 0.2) is 5.10 Å². The molecular weight excluding hydrogens is 182 g/mol. The van der Waals surface area contributed by atoms with Crippen LogP contribution < -0.4 is 11.2 Å². The summed E-state index contributed by atoms with van der Waals surface area (Å²) >= 11 is 0. The smallest absolute Gasteiger partial charge is 0.329 e. The largest absolute Gasteiger partial charge is 0.361 e. The minimum absolute atomic E-state index is 0.225. The lowest BCUT2D eigenvalue weighted by atomic mass is 9.98. The monoisotopic (exact) mass is 199 g/mol. The normalized spacial score (nSPS) is 10.1. The number of hydrazone groups is 1. The van der Waals surface area contributed by atoms with E-state index in [4.69, 9.17) is 5.73 Å². The van der Waals surface area contributed by atoms with Crippen molar-refractivity contribution in [3.8, 4) is 0 Å². The minimum atomic E-state index is -1.03. The van der Waals surface area contributed by atoms with Gasteiger partial charge in [0, 0.05) is 5.71 Å². The first-order valence-electron chi connectivity index (χ1n) is 4.53. The summed E-state index contributed by atoms with van der Waals surface area (Å²) in [5.41, 5.74) is 7.71. The standard InChI is InChI=1S/C9H17N3O2/c1-5(2)7(6(3)4)11-12-9(14)8(10)13/h5-6H,1-4H3,(H2,10,13)(H,12,14). The van der Waals surface area contributed by atoms with Gasteiger partial charge in [0.25, 0.3) is 0 Å². The fourth-order valence-corrected chi connectivity index (χ4v) is 1.10. The molecule has 0 aromatic rings. The van der Waals surface area contributed by atoms with E-state index >= 15 is 0 Å². The highest BCUT2D eigenvalue weighted by Crippen LogP contribution is 2.06. The number of nitrogens with zero attached hydrogens (tertiary/aromatic N) is 1. The third kappa shape index (κ3) is 4.02. The van der Waals surface area contributed by atoms with Gasteiger partial charge in [0.15, 0.2) is 0 Å². The van der Waals surface area contributed by atoms with Gasteiger partial charge in [0.2, 0.25) is 0 Å². The Balaban J connectivity index is 4.46. The number of rotatable bonds is 3. The van der Waals surface area contributed by atoms with Crippen molar-refractivity contribution in [1.82, 2.24) is 5.43 Å². The Morgan fingerprint density at radius 3 is 1.86 bits per heavy atom. The number of hydrogen-bond acceptors (Lipinski definition) is 3. The number of primary amides is 1. The molecule has 0 saturated heterocycles. The van der Waals surface area contributed by atoms with Gasteiger partial charge in [-0.1, -0.05) is 27.7 Å². The molecule has 0 aliphatic carbocycles. The molecule has 0 bridgehead atoms. The van der Waals surface area contributed by atoms with Crippen LogP contribution >= 0.6 is 0 Å². The van der Waals surface area contributed by atoms with Crippen LogP contribution in [0.5, 0.6) is 0 Å². The van der Waals surface area contributed by atoms with Crippen LogP contribution in [0.4, 0.5) is 0 Å². The zero-order valence-corrected chi connectivity index (χ0v) is 9.00. The van der Waals surface area contributed by atoms with Crippen LogP contribution in [-0.4, -0.2) is 17.5 Å². The molecule has 80 valence electrons. The number of hydrogen-bond donors (Lipinski definition) is 2. The van der Waals surface area contributed by atoms with Crippen molar-refractivity contribution in [3.63, 3.8) is 0 Å². The van der Waals surface area contributed by atoms with Gasteiger partial charge >= 0.3 is 11.8 Å². The number of nitrogens with one attached hydrogen (secondary N) is 1. The minimum Gasteiger partial charge on any atom is -0.361 e. The van der Waals surface area contributed by atoms with Crippen molar-refractivity contribution in [1.29, 1.82) is 0 Å². The molecule has 5 nitrogen and oxygen atoms in total. The molecule has 0 fully saturated rings. The molecule has 0 unspecified atom stereocenters. The molecule has 3 N–H and O–H groups in total. The molecule has 0 aromatic carbocycles. The fraction of sp³-hybridized carbons (Fsp3) is 0.667. The van der Waals surface area contributed by atoms with Gasteiger partial charge in [-0.05, 0) is 11.8 Å². The summed E-state index contributed by atoms with van der Waals surface area (Å²) in [5, 5.41) is 3.86. The third-order valence-electron chi connectivity index (χ3n) is 1.69. The van der Waals surface area contributed by atoms with E-state index in [0.29, 0.717) is 0 Å². The molecule has 0 rings (SSSR count). The summed E-state index contributed by atoms with van der Waals surface area (Å²) < 4.78 is 0. The van der Waals surface area contributed by atoms with E-state index in [-0.39, 0.29) is 11.8 Å². The lowest BCUT2D eigenvalue weighted by Crippen LogP contribution is -2.34.